The predicted octanol–water partition coefficient (Wildman–Crippen LogP) is 2.90. The van der Waals surface area contributed by atoms with Gasteiger partial charge in [-0.2, -0.15) is 0 Å². The Morgan fingerprint density at radius 3 is 2.52 bits per heavy atom. The Morgan fingerprint density at radius 1 is 1.26 bits per heavy atom. The molecule has 1 aliphatic heterocycles. The number of piperazine rings is 1. The van der Waals surface area contributed by atoms with Gasteiger partial charge in [0.25, 0.3) is 0 Å². The Bertz CT molecular complexity index is 531. The third-order valence-corrected chi connectivity index (χ3v) is 4.42. The summed E-state index contributed by atoms with van der Waals surface area (Å²) in [6, 6.07) is 3.75. The van der Waals surface area contributed by atoms with Crippen LogP contribution in [-0.4, -0.2) is 53.6 Å². The molecule has 1 N–H and O–H groups in total. The number of carboxylic acid groups (broad SMARTS) is 1. The fourth-order valence-electron chi connectivity index (χ4n) is 3.20. The highest BCUT2D eigenvalue weighted by molar-refractivity contribution is 5.66. The van der Waals surface area contributed by atoms with Gasteiger partial charge in [-0.05, 0) is 25.5 Å². The van der Waals surface area contributed by atoms with Gasteiger partial charge in [-0.1, -0.05) is 13.0 Å². The monoisotopic (exact) mass is 326 g/mol. The first-order chi connectivity index (χ1) is 11.0. The molecule has 1 saturated heterocycles. The minimum absolute atomic E-state index is 0.0447. The van der Waals surface area contributed by atoms with E-state index in [1.165, 1.54) is 12.1 Å². The lowest BCUT2D eigenvalue weighted by Crippen LogP contribution is -2.47. The number of carboxylic acids is 1. The van der Waals surface area contributed by atoms with E-state index in [2.05, 4.69) is 9.80 Å². The van der Waals surface area contributed by atoms with Gasteiger partial charge in [0.15, 0.2) is 0 Å². The summed E-state index contributed by atoms with van der Waals surface area (Å²) >= 11 is 0. The molecule has 1 atom stereocenters. The zero-order chi connectivity index (χ0) is 16.8. The lowest BCUT2D eigenvalue weighted by Gasteiger charge is -2.39. The van der Waals surface area contributed by atoms with Crippen LogP contribution in [0.1, 0.15) is 37.8 Å². The van der Waals surface area contributed by atoms with E-state index in [4.69, 9.17) is 5.11 Å². The molecule has 0 radical (unpaired) electrons. The molecule has 0 aromatic heterocycles. The zero-order valence-electron chi connectivity index (χ0n) is 13.5. The van der Waals surface area contributed by atoms with E-state index in [0.29, 0.717) is 12.0 Å². The first-order valence-corrected chi connectivity index (χ1v) is 8.14. The van der Waals surface area contributed by atoms with E-state index in [1.54, 1.807) is 0 Å². The van der Waals surface area contributed by atoms with Crippen molar-refractivity contribution in [3.63, 3.8) is 0 Å². The fourth-order valence-corrected chi connectivity index (χ4v) is 3.20. The van der Waals surface area contributed by atoms with Gasteiger partial charge in [-0.3, -0.25) is 9.69 Å². The highest BCUT2D eigenvalue weighted by atomic mass is 19.1. The van der Waals surface area contributed by atoms with Gasteiger partial charge < -0.3 is 10.0 Å². The molecule has 2 rings (SSSR count). The minimum Gasteiger partial charge on any atom is -0.481 e. The van der Waals surface area contributed by atoms with E-state index in [9.17, 15) is 13.6 Å². The summed E-state index contributed by atoms with van der Waals surface area (Å²) in [6.45, 7) is 6.09. The number of carbonyl (C=O) groups is 1. The minimum atomic E-state index is -0.763. The Hall–Kier alpha value is -1.53. The van der Waals surface area contributed by atoms with Crippen LogP contribution in [0.15, 0.2) is 18.2 Å². The molecule has 0 spiro atoms. The molecule has 0 amide bonds. The largest absolute Gasteiger partial charge is 0.481 e. The molecular weight excluding hydrogens is 302 g/mol. The molecule has 0 saturated carbocycles. The van der Waals surface area contributed by atoms with Crippen molar-refractivity contribution < 1.29 is 18.7 Å². The van der Waals surface area contributed by atoms with E-state index in [1.807, 2.05) is 6.92 Å². The van der Waals surface area contributed by atoms with Crippen LogP contribution in [-0.2, 0) is 4.79 Å². The molecule has 1 aliphatic rings. The van der Waals surface area contributed by atoms with E-state index in [-0.39, 0.29) is 12.5 Å². The van der Waals surface area contributed by atoms with Crippen LogP contribution in [0.3, 0.4) is 0 Å². The Kier molecular flexibility index (Phi) is 6.47. The molecule has 1 aromatic carbocycles. The van der Waals surface area contributed by atoms with Crippen molar-refractivity contribution in [2.45, 2.75) is 32.2 Å². The Balaban J connectivity index is 1.90. The number of hydrogen-bond acceptors (Lipinski definition) is 3. The molecule has 4 nitrogen and oxygen atoms in total. The maximum absolute atomic E-state index is 14.0. The molecule has 0 aliphatic carbocycles. The van der Waals surface area contributed by atoms with Crippen molar-refractivity contribution in [2.24, 2.45) is 0 Å². The zero-order valence-corrected chi connectivity index (χ0v) is 13.5. The van der Waals surface area contributed by atoms with Gasteiger partial charge in [-0.25, -0.2) is 8.78 Å². The molecule has 1 heterocycles. The van der Waals surface area contributed by atoms with Crippen LogP contribution in [0.4, 0.5) is 8.78 Å². The van der Waals surface area contributed by atoms with Crippen LogP contribution in [0.25, 0.3) is 0 Å². The van der Waals surface area contributed by atoms with Crippen LogP contribution < -0.4 is 0 Å². The van der Waals surface area contributed by atoms with E-state index in [0.717, 1.165) is 45.2 Å². The van der Waals surface area contributed by atoms with Crippen molar-refractivity contribution in [1.29, 1.82) is 0 Å². The van der Waals surface area contributed by atoms with Crippen LogP contribution in [0, 0.1) is 11.6 Å². The van der Waals surface area contributed by atoms with Crippen molar-refractivity contribution >= 4 is 5.97 Å². The first kappa shape index (κ1) is 17.8. The lowest BCUT2D eigenvalue weighted by molar-refractivity contribution is -0.137. The standard InChI is InChI=1S/C17H24F2N2O2/c1-2-16(14-6-5-13(18)12-15(14)19)21-10-8-20(9-11-21)7-3-4-17(22)23/h5-6,12,16H,2-4,7-11H2,1H3,(H,22,23). The van der Waals surface area contributed by atoms with Gasteiger partial charge in [0.2, 0.25) is 0 Å². The smallest absolute Gasteiger partial charge is 0.303 e. The normalized spacial score (nSPS) is 18.0. The van der Waals surface area contributed by atoms with Gasteiger partial charge in [0, 0.05) is 50.3 Å². The summed E-state index contributed by atoms with van der Waals surface area (Å²) in [4.78, 5) is 15.0. The molecular formula is C17H24F2N2O2. The summed E-state index contributed by atoms with van der Waals surface area (Å²) in [5.74, 6) is -1.80. The number of nitrogens with zero attached hydrogens (tertiary/aromatic N) is 2. The second-order valence-electron chi connectivity index (χ2n) is 5.96. The molecule has 1 aromatic rings. The molecule has 0 bridgehead atoms. The van der Waals surface area contributed by atoms with E-state index < -0.39 is 17.6 Å². The second-order valence-corrected chi connectivity index (χ2v) is 5.96. The summed E-state index contributed by atoms with van der Waals surface area (Å²) in [5, 5.41) is 8.67. The summed E-state index contributed by atoms with van der Waals surface area (Å²) in [7, 11) is 0. The summed E-state index contributed by atoms with van der Waals surface area (Å²) < 4.78 is 27.1. The average molecular weight is 326 g/mol. The SMILES string of the molecule is CCC(c1ccc(F)cc1F)N1CCN(CCCC(=O)O)CC1. The number of benzene rings is 1. The molecule has 23 heavy (non-hydrogen) atoms. The number of halogens is 2. The number of rotatable bonds is 7. The molecule has 6 heteroatoms. The predicted molar refractivity (Wildman–Crippen MR) is 84.3 cm³/mol. The fraction of sp³-hybridized carbons (Fsp3) is 0.588. The van der Waals surface area contributed by atoms with Crippen molar-refractivity contribution in [2.75, 3.05) is 32.7 Å². The maximum Gasteiger partial charge on any atom is 0.303 e. The topological polar surface area (TPSA) is 43.8 Å². The van der Waals surface area contributed by atoms with Gasteiger partial charge in [0.05, 0.1) is 0 Å². The average Bonchev–Trinajstić information content (AvgIpc) is 2.51. The number of aliphatic carboxylic acids is 1. The second kappa shape index (κ2) is 8.36. The summed E-state index contributed by atoms with van der Waals surface area (Å²) in [5.41, 5.74) is 0.549. The van der Waals surface area contributed by atoms with E-state index >= 15 is 0 Å². The van der Waals surface area contributed by atoms with Crippen molar-refractivity contribution in [3.8, 4) is 0 Å². The summed E-state index contributed by atoms with van der Waals surface area (Å²) in [6.07, 6.45) is 1.61. The molecule has 1 fully saturated rings. The van der Waals surface area contributed by atoms with Crippen molar-refractivity contribution in [1.82, 2.24) is 9.80 Å². The quantitative estimate of drug-likeness (QED) is 0.837. The van der Waals surface area contributed by atoms with Gasteiger partial charge in [-0.15, -0.1) is 0 Å². The van der Waals surface area contributed by atoms with Gasteiger partial charge >= 0.3 is 5.97 Å². The maximum atomic E-state index is 14.0. The van der Waals surface area contributed by atoms with Crippen molar-refractivity contribution in [3.05, 3.63) is 35.4 Å². The lowest BCUT2D eigenvalue weighted by atomic mass is 10.0. The van der Waals surface area contributed by atoms with Crippen LogP contribution in [0.5, 0.6) is 0 Å². The number of hydrogen-bond donors (Lipinski definition) is 1. The first-order valence-electron chi connectivity index (χ1n) is 8.14. The van der Waals surface area contributed by atoms with Crippen LogP contribution >= 0.6 is 0 Å². The third-order valence-electron chi connectivity index (χ3n) is 4.42. The third kappa shape index (κ3) is 4.97. The highest BCUT2D eigenvalue weighted by Gasteiger charge is 2.25. The molecule has 1 unspecified atom stereocenters. The Labute approximate surface area is 135 Å². The highest BCUT2D eigenvalue weighted by Crippen LogP contribution is 2.28. The van der Waals surface area contributed by atoms with Crippen LogP contribution in [0.2, 0.25) is 0 Å². The van der Waals surface area contributed by atoms with Gasteiger partial charge in [0.1, 0.15) is 11.6 Å². The Morgan fingerprint density at radius 2 is 1.96 bits per heavy atom. The molecule has 128 valence electrons.